The lowest BCUT2D eigenvalue weighted by Crippen LogP contribution is -2.49. The number of nitrogens with two attached hydrogens (primary N) is 2. The Morgan fingerprint density at radius 1 is 0.860 bits per heavy atom. The lowest BCUT2D eigenvalue weighted by atomic mass is 10.1. The van der Waals surface area contributed by atoms with E-state index in [1.807, 2.05) is 74.4 Å². The Balaban J connectivity index is 0.000000288. The number of ether oxygens (including phenoxy) is 3. The molecule has 0 aliphatic carbocycles. The molecule has 1 amide bonds. The molecule has 12 heteroatoms. The Kier molecular flexibility index (Phi) is 13.7. The number of rotatable bonds is 6. The molecule has 0 radical (unpaired) electrons. The van der Waals surface area contributed by atoms with Gasteiger partial charge in [-0.25, -0.2) is 0 Å². The maximum absolute atomic E-state index is 11.4. The first-order valence-corrected chi connectivity index (χ1v) is 13.6. The van der Waals surface area contributed by atoms with E-state index in [9.17, 15) is 4.79 Å². The van der Waals surface area contributed by atoms with E-state index in [1.54, 1.807) is 25.3 Å². The van der Waals surface area contributed by atoms with Gasteiger partial charge in [-0.3, -0.25) is 9.78 Å². The molecule has 3 aromatic carbocycles. The minimum absolute atomic E-state index is 0. The molecule has 1 aliphatic rings. The van der Waals surface area contributed by atoms with Gasteiger partial charge in [-0.1, -0.05) is 6.07 Å². The molecule has 10 nitrogen and oxygen atoms in total. The van der Waals surface area contributed by atoms with Crippen molar-refractivity contribution < 1.29 is 23.8 Å². The Bertz CT molecular complexity index is 1480. The third kappa shape index (κ3) is 9.07. The lowest BCUT2D eigenvalue weighted by molar-refractivity contribution is -0.128. The third-order valence-electron chi connectivity index (χ3n) is 6.64. The van der Waals surface area contributed by atoms with Crippen molar-refractivity contribution in [3.63, 3.8) is 0 Å². The number of anilines is 3. The van der Waals surface area contributed by atoms with E-state index >= 15 is 0 Å². The zero-order chi connectivity index (χ0) is 30.6. The molecule has 4 N–H and O–H groups in total. The molecule has 0 bridgehead atoms. The number of piperazine rings is 1. The van der Waals surface area contributed by atoms with E-state index in [2.05, 4.69) is 9.88 Å². The fraction of sp³-hybridized carbons (Fsp3) is 0.258. The number of nitrogens with zero attached hydrogens (tertiary/aromatic N) is 3. The number of benzene rings is 3. The van der Waals surface area contributed by atoms with Gasteiger partial charge in [0.15, 0.2) is 11.5 Å². The Hall–Kier alpha value is -4.35. The number of fused-ring (bicyclic) bond motifs is 1. The number of pyridine rings is 1. The van der Waals surface area contributed by atoms with Gasteiger partial charge in [-0.05, 0) is 55.0 Å². The first kappa shape index (κ1) is 34.8. The number of methoxy groups -OCH3 is 2. The zero-order valence-corrected chi connectivity index (χ0v) is 26.3. The van der Waals surface area contributed by atoms with Crippen molar-refractivity contribution in [3.05, 3.63) is 72.4 Å². The molecule has 43 heavy (non-hydrogen) atoms. The molecule has 0 spiro atoms. The topological polar surface area (TPSA) is 133 Å². The zero-order valence-electron chi connectivity index (χ0n) is 24.5. The largest absolute Gasteiger partial charge is 0.493 e. The van der Waals surface area contributed by atoms with E-state index in [1.165, 1.54) is 0 Å². The van der Waals surface area contributed by atoms with Crippen LogP contribution in [0, 0.1) is 6.92 Å². The van der Waals surface area contributed by atoms with Gasteiger partial charge in [0, 0.05) is 67.0 Å². The second-order valence-electron chi connectivity index (χ2n) is 9.25. The van der Waals surface area contributed by atoms with Gasteiger partial charge in [0.1, 0.15) is 24.2 Å². The molecular formula is C31H38ClN5O5S. The summed E-state index contributed by atoms with van der Waals surface area (Å²) in [5.74, 6) is 2.74. The van der Waals surface area contributed by atoms with Crippen LogP contribution >= 0.6 is 25.1 Å². The Labute approximate surface area is 263 Å². The summed E-state index contributed by atoms with van der Waals surface area (Å²) in [5.41, 5.74) is 15.8. The fourth-order valence-electron chi connectivity index (χ4n) is 4.37. The van der Waals surface area contributed by atoms with Crippen molar-refractivity contribution in [3.8, 4) is 23.0 Å². The van der Waals surface area contributed by atoms with Crippen LogP contribution in [0.5, 0.6) is 23.0 Å². The number of carbonyl (C=O) groups excluding carboxylic acids is 2. The highest BCUT2D eigenvalue weighted by Gasteiger charge is 2.20. The van der Waals surface area contributed by atoms with Crippen molar-refractivity contribution in [2.45, 2.75) is 6.92 Å². The minimum atomic E-state index is 0. The highest BCUT2D eigenvalue weighted by Crippen LogP contribution is 2.37. The van der Waals surface area contributed by atoms with Gasteiger partial charge in [0.25, 0.3) is 0 Å². The molecule has 1 saturated heterocycles. The second-order valence-corrected chi connectivity index (χ2v) is 9.52. The minimum Gasteiger partial charge on any atom is -0.493 e. The fourth-order valence-corrected chi connectivity index (χ4v) is 4.53. The Morgan fingerprint density at radius 3 is 2.07 bits per heavy atom. The van der Waals surface area contributed by atoms with Gasteiger partial charge < -0.3 is 40.3 Å². The Morgan fingerprint density at radius 2 is 1.47 bits per heavy atom. The van der Waals surface area contributed by atoms with Crippen LogP contribution in [0.2, 0.25) is 0 Å². The van der Waals surface area contributed by atoms with Gasteiger partial charge in [0.05, 0.1) is 19.7 Å². The number of aryl methyl sites for hydroxylation is 1. The standard InChI is InChI=1S/C18H18N2O3.C12H16ClN3O.CH2O.H2S/c1-11-4-5-12(19)8-16(11)23-15-6-7-20-14-10-18(22-3)17(21-2)9-13(14)15;13-9-12(17)16-7-5-15(6-8-16)11-3-1-10(14)2-4-11;1-2;/h4-10H,19H2,1-3H3;1-4H,5-9,14H2;1H2;1H2. The number of nitrogen functional groups attached to an aromatic ring is 2. The molecular weight excluding hydrogens is 590 g/mol. The predicted molar refractivity (Wildman–Crippen MR) is 178 cm³/mol. The van der Waals surface area contributed by atoms with Crippen LogP contribution in [0.4, 0.5) is 17.1 Å². The van der Waals surface area contributed by atoms with Crippen molar-refractivity contribution in [2.24, 2.45) is 0 Å². The smallest absolute Gasteiger partial charge is 0.237 e. The van der Waals surface area contributed by atoms with Crippen molar-refractivity contribution in [2.75, 3.05) is 62.6 Å². The van der Waals surface area contributed by atoms with Gasteiger partial charge in [0.2, 0.25) is 5.91 Å². The number of carbonyl (C=O) groups is 2. The molecule has 230 valence electrons. The lowest BCUT2D eigenvalue weighted by Gasteiger charge is -2.35. The van der Waals surface area contributed by atoms with Crippen molar-refractivity contribution in [1.29, 1.82) is 0 Å². The maximum Gasteiger partial charge on any atom is 0.237 e. The first-order valence-electron chi connectivity index (χ1n) is 13.1. The summed E-state index contributed by atoms with van der Waals surface area (Å²) in [6.07, 6.45) is 1.70. The summed E-state index contributed by atoms with van der Waals surface area (Å²) in [7, 11) is 3.20. The number of hydrogen-bond donors (Lipinski definition) is 2. The van der Waals surface area contributed by atoms with Crippen LogP contribution < -0.4 is 30.6 Å². The van der Waals surface area contributed by atoms with Crippen LogP contribution in [-0.2, 0) is 9.59 Å². The van der Waals surface area contributed by atoms with Crippen LogP contribution in [-0.4, -0.2) is 68.9 Å². The number of amides is 1. The quantitative estimate of drug-likeness (QED) is 0.223. The molecule has 1 aromatic heterocycles. The van der Waals surface area contributed by atoms with Crippen molar-refractivity contribution in [1.82, 2.24) is 9.88 Å². The summed E-state index contributed by atoms with van der Waals surface area (Å²) in [4.78, 5) is 27.8. The number of halogens is 1. The summed E-state index contributed by atoms with van der Waals surface area (Å²) in [6, 6.07) is 18.9. The number of hydrogen-bond acceptors (Lipinski definition) is 9. The molecule has 5 rings (SSSR count). The molecule has 4 aromatic rings. The van der Waals surface area contributed by atoms with Crippen LogP contribution in [0.3, 0.4) is 0 Å². The average Bonchev–Trinajstić information content (AvgIpc) is 3.03. The highest BCUT2D eigenvalue weighted by molar-refractivity contribution is 7.59. The molecule has 1 fully saturated rings. The molecule has 1 aliphatic heterocycles. The van der Waals surface area contributed by atoms with E-state index in [4.69, 9.17) is 42.1 Å². The van der Waals surface area contributed by atoms with Crippen LogP contribution in [0.15, 0.2) is 66.9 Å². The van der Waals surface area contributed by atoms with Crippen molar-refractivity contribution >= 4 is 65.8 Å². The van der Waals surface area contributed by atoms with Crippen LogP contribution in [0.25, 0.3) is 10.9 Å². The number of aromatic nitrogens is 1. The molecule has 0 atom stereocenters. The molecule has 2 heterocycles. The summed E-state index contributed by atoms with van der Waals surface area (Å²) >= 11 is 5.54. The highest BCUT2D eigenvalue weighted by atomic mass is 35.5. The van der Waals surface area contributed by atoms with Gasteiger partial charge >= 0.3 is 0 Å². The van der Waals surface area contributed by atoms with E-state index in [0.717, 1.165) is 54.0 Å². The third-order valence-corrected chi connectivity index (χ3v) is 6.87. The van der Waals surface area contributed by atoms with Crippen LogP contribution in [0.1, 0.15) is 5.56 Å². The summed E-state index contributed by atoms with van der Waals surface area (Å²) in [5, 5.41) is 0.840. The first-order chi connectivity index (χ1) is 20.3. The monoisotopic (exact) mass is 627 g/mol. The van der Waals surface area contributed by atoms with E-state index in [-0.39, 0.29) is 25.3 Å². The second kappa shape index (κ2) is 16.9. The van der Waals surface area contributed by atoms with E-state index in [0.29, 0.717) is 28.7 Å². The normalized spacial score (nSPS) is 12.1. The number of alkyl halides is 1. The summed E-state index contributed by atoms with van der Waals surface area (Å²) in [6.45, 7) is 7.12. The molecule has 0 saturated carbocycles. The SMILES string of the molecule is C=O.COc1cc2nccc(Oc3cc(N)ccc3C)c2cc1OC.Nc1ccc(N2CCN(C(=O)CCl)CC2)cc1.S. The van der Waals surface area contributed by atoms with E-state index < -0.39 is 0 Å². The maximum atomic E-state index is 11.4. The van der Waals surface area contributed by atoms with Gasteiger partial charge in [-0.2, -0.15) is 13.5 Å². The average molecular weight is 628 g/mol. The summed E-state index contributed by atoms with van der Waals surface area (Å²) < 4.78 is 16.7. The predicted octanol–water partition coefficient (Wildman–Crippen LogP) is 5.02. The molecule has 0 unspecified atom stereocenters. The van der Waals surface area contributed by atoms with Gasteiger partial charge in [-0.15, -0.1) is 11.6 Å².